The van der Waals surface area contributed by atoms with Crippen molar-refractivity contribution in [2.24, 2.45) is 5.92 Å². The van der Waals surface area contributed by atoms with Gasteiger partial charge in [0.15, 0.2) is 5.82 Å². The smallest absolute Gasteiger partial charge is 0.235 e. The first-order chi connectivity index (χ1) is 14.2. The van der Waals surface area contributed by atoms with Crippen molar-refractivity contribution >= 4 is 15.9 Å². The van der Waals surface area contributed by atoms with Gasteiger partial charge < -0.3 is 9.42 Å². The molecule has 1 aromatic carbocycles. The van der Waals surface area contributed by atoms with Crippen molar-refractivity contribution in [3.8, 4) is 0 Å². The Morgan fingerprint density at radius 3 is 2.83 bits per heavy atom. The summed E-state index contributed by atoms with van der Waals surface area (Å²) in [6.45, 7) is 4.11. The molecule has 0 spiro atoms. The second-order valence-corrected chi connectivity index (χ2v) is 10.2. The standard InChI is InChI=1S/C20H25FN4O4S/c1-3-30(27,28)24-16-9-15-11-25(18(26)8-14-6-4-5-7-17(14)21)12-20(15,10-16)19-22-13(2)23-29-19/h4-7,15-16,24H,3,8-12H2,1-2H3/t15?,16-,20+/m1/s1. The van der Waals surface area contributed by atoms with Crippen molar-refractivity contribution in [1.29, 1.82) is 0 Å². The first-order valence-electron chi connectivity index (χ1n) is 10.0. The first-order valence-corrected chi connectivity index (χ1v) is 11.7. The molecular weight excluding hydrogens is 411 g/mol. The van der Waals surface area contributed by atoms with E-state index in [1.165, 1.54) is 6.07 Å². The lowest BCUT2D eigenvalue weighted by molar-refractivity contribution is -0.129. The Balaban J connectivity index is 1.56. The fourth-order valence-corrected chi connectivity index (χ4v) is 5.59. The normalized spacial score (nSPS) is 26.2. The number of benzene rings is 1. The summed E-state index contributed by atoms with van der Waals surface area (Å²) in [6.07, 6.45) is 1.02. The van der Waals surface area contributed by atoms with Gasteiger partial charge in [0.25, 0.3) is 0 Å². The minimum atomic E-state index is -3.35. The van der Waals surface area contributed by atoms with Gasteiger partial charge >= 0.3 is 0 Å². The number of halogens is 1. The third kappa shape index (κ3) is 3.85. The number of amides is 1. The number of nitrogens with one attached hydrogen (secondary N) is 1. The number of aromatic nitrogens is 2. The van der Waals surface area contributed by atoms with E-state index in [4.69, 9.17) is 4.52 Å². The number of carbonyl (C=O) groups is 1. The van der Waals surface area contributed by atoms with E-state index in [9.17, 15) is 17.6 Å². The highest BCUT2D eigenvalue weighted by atomic mass is 32.2. The van der Waals surface area contributed by atoms with Gasteiger partial charge in [0.1, 0.15) is 5.82 Å². The third-order valence-corrected chi connectivity index (χ3v) is 7.66. The van der Waals surface area contributed by atoms with E-state index >= 15 is 0 Å². The fourth-order valence-electron chi connectivity index (χ4n) is 4.74. The molecule has 3 atom stereocenters. The van der Waals surface area contributed by atoms with Crippen LogP contribution in [0.2, 0.25) is 0 Å². The van der Waals surface area contributed by atoms with E-state index in [0.717, 1.165) is 0 Å². The van der Waals surface area contributed by atoms with Crippen molar-refractivity contribution in [3.05, 3.63) is 47.4 Å². The number of hydrogen-bond donors (Lipinski definition) is 1. The topological polar surface area (TPSA) is 105 Å². The average Bonchev–Trinajstić information content (AvgIpc) is 3.36. The van der Waals surface area contributed by atoms with Gasteiger partial charge in [-0.25, -0.2) is 17.5 Å². The summed E-state index contributed by atoms with van der Waals surface area (Å²) in [4.78, 5) is 19.0. The SMILES string of the molecule is CCS(=O)(=O)N[C@@H]1CC2CN(C(=O)Cc3ccccc3F)C[C@@]2(c2nc(C)no2)C1. The Bertz CT molecular complexity index is 1060. The maximum atomic E-state index is 14.0. The van der Waals surface area contributed by atoms with Gasteiger partial charge in [-0.2, -0.15) is 4.98 Å². The fraction of sp³-hybridized carbons (Fsp3) is 0.550. The van der Waals surface area contributed by atoms with Crippen LogP contribution < -0.4 is 4.72 Å². The highest BCUT2D eigenvalue weighted by Gasteiger charge is 2.58. The first kappa shape index (κ1) is 20.9. The molecule has 1 saturated heterocycles. The molecular formula is C20H25FN4O4S. The molecule has 2 heterocycles. The molecule has 2 aliphatic rings. The van der Waals surface area contributed by atoms with E-state index in [-0.39, 0.29) is 30.0 Å². The number of fused-ring (bicyclic) bond motifs is 1. The Morgan fingerprint density at radius 2 is 2.17 bits per heavy atom. The van der Waals surface area contributed by atoms with Crippen molar-refractivity contribution < 1.29 is 22.1 Å². The minimum absolute atomic E-state index is 0.00802. The zero-order valence-electron chi connectivity index (χ0n) is 17.0. The van der Waals surface area contributed by atoms with Crippen LogP contribution in [0.15, 0.2) is 28.8 Å². The van der Waals surface area contributed by atoms with E-state index in [2.05, 4.69) is 14.9 Å². The number of hydrogen-bond acceptors (Lipinski definition) is 6. The number of carbonyl (C=O) groups excluding carboxylic acids is 1. The van der Waals surface area contributed by atoms with Crippen LogP contribution in [0, 0.1) is 18.7 Å². The number of nitrogens with zero attached hydrogens (tertiary/aromatic N) is 3. The van der Waals surface area contributed by atoms with Crippen molar-refractivity contribution in [3.63, 3.8) is 0 Å². The molecule has 162 valence electrons. The monoisotopic (exact) mass is 436 g/mol. The predicted octanol–water partition coefficient (Wildman–Crippen LogP) is 1.56. The summed E-state index contributed by atoms with van der Waals surface area (Å²) in [5, 5.41) is 3.90. The second kappa shape index (κ2) is 7.73. The molecule has 1 amide bonds. The van der Waals surface area contributed by atoms with Crippen LogP contribution in [0.5, 0.6) is 0 Å². The molecule has 1 aliphatic carbocycles. The zero-order chi connectivity index (χ0) is 21.5. The van der Waals surface area contributed by atoms with Gasteiger partial charge in [-0.3, -0.25) is 4.79 Å². The summed E-state index contributed by atoms with van der Waals surface area (Å²) in [5.41, 5.74) is -0.247. The van der Waals surface area contributed by atoms with Crippen molar-refractivity contribution in [1.82, 2.24) is 19.8 Å². The maximum Gasteiger partial charge on any atom is 0.235 e. The van der Waals surface area contributed by atoms with Crippen LogP contribution in [0.1, 0.15) is 37.0 Å². The van der Waals surface area contributed by atoms with E-state index < -0.39 is 21.3 Å². The second-order valence-electron chi connectivity index (χ2n) is 8.20. The highest BCUT2D eigenvalue weighted by Crippen LogP contribution is 2.50. The molecule has 0 radical (unpaired) electrons. The van der Waals surface area contributed by atoms with E-state index in [1.54, 1.807) is 36.9 Å². The van der Waals surface area contributed by atoms with Gasteiger partial charge in [0.05, 0.1) is 17.6 Å². The van der Waals surface area contributed by atoms with Crippen LogP contribution in [0.4, 0.5) is 4.39 Å². The van der Waals surface area contributed by atoms with Gasteiger partial charge in [-0.1, -0.05) is 23.4 Å². The van der Waals surface area contributed by atoms with E-state index in [0.29, 0.717) is 43.2 Å². The Labute approximate surface area is 174 Å². The Kier molecular flexibility index (Phi) is 5.39. The largest absolute Gasteiger partial charge is 0.341 e. The van der Waals surface area contributed by atoms with Crippen LogP contribution >= 0.6 is 0 Å². The number of aryl methyl sites for hydroxylation is 1. The molecule has 8 nitrogen and oxygen atoms in total. The molecule has 1 unspecified atom stereocenters. The minimum Gasteiger partial charge on any atom is -0.341 e. The molecule has 4 rings (SSSR count). The summed E-state index contributed by atoms with van der Waals surface area (Å²) >= 11 is 0. The maximum absolute atomic E-state index is 14.0. The highest BCUT2D eigenvalue weighted by molar-refractivity contribution is 7.89. The van der Waals surface area contributed by atoms with Crippen LogP contribution in [-0.2, 0) is 26.7 Å². The lowest BCUT2D eigenvalue weighted by Crippen LogP contribution is -2.40. The number of likely N-dealkylation sites (tertiary alicyclic amines) is 1. The van der Waals surface area contributed by atoms with Gasteiger partial charge in [-0.15, -0.1) is 0 Å². The van der Waals surface area contributed by atoms with Crippen LogP contribution in [0.25, 0.3) is 0 Å². The molecule has 1 saturated carbocycles. The molecule has 10 heteroatoms. The Hall–Kier alpha value is -2.33. The third-order valence-electron chi connectivity index (χ3n) is 6.21. The quantitative estimate of drug-likeness (QED) is 0.737. The summed E-state index contributed by atoms with van der Waals surface area (Å²) in [7, 11) is -3.35. The number of rotatable bonds is 6. The van der Waals surface area contributed by atoms with E-state index in [1.807, 2.05) is 0 Å². The van der Waals surface area contributed by atoms with Crippen LogP contribution in [-0.4, -0.2) is 54.2 Å². The van der Waals surface area contributed by atoms with Crippen molar-refractivity contribution in [2.45, 2.75) is 44.6 Å². The molecule has 0 bridgehead atoms. The zero-order valence-corrected chi connectivity index (χ0v) is 17.8. The Morgan fingerprint density at radius 1 is 1.40 bits per heavy atom. The molecule has 30 heavy (non-hydrogen) atoms. The summed E-state index contributed by atoms with van der Waals surface area (Å²) in [5.74, 6) is 0.341. The summed E-state index contributed by atoms with van der Waals surface area (Å²) < 4.78 is 46.4. The molecule has 2 fully saturated rings. The molecule has 1 N–H and O–H groups in total. The van der Waals surface area contributed by atoms with Gasteiger partial charge in [0.2, 0.25) is 21.8 Å². The van der Waals surface area contributed by atoms with Gasteiger partial charge in [-0.05, 0) is 44.2 Å². The molecule has 1 aromatic heterocycles. The number of sulfonamides is 1. The average molecular weight is 437 g/mol. The predicted molar refractivity (Wildman–Crippen MR) is 107 cm³/mol. The molecule has 2 aromatic rings. The lowest BCUT2D eigenvalue weighted by atomic mass is 9.80. The van der Waals surface area contributed by atoms with Gasteiger partial charge in [0, 0.05) is 19.1 Å². The van der Waals surface area contributed by atoms with Crippen LogP contribution in [0.3, 0.4) is 0 Å². The van der Waals surface area contributed by atoms with Crippen molar-refractivity contribution in [2.75, 3.05) is 18.8 Å². The molecule has 1 aliphatic heterocycles. The lowest BCUT2D eigenvalue weighted by Gasteiger charge is -2.25. The summed E-state index contributed by atoms with van der Waals surface area (Å²) in [6, 6.07) is 5.99.